The molecule has 5 atom stereocenters. The van der Waals surface area contributed by atoms with Crippen LogP contribution in [0.5, 0.6) is 0 Å². The summed E-state index contributed by atoms with van der Waals surface area (Å²) in [5.74, 6) is 0. The fourth-order valence-electron chi connectivity index (χ4n) is 1.08. The minimum Gasteiger partial charge on any atom is -1.00 e. The molecule has 1 saturated heterocycles. The Morgan fingerprint density at radius 2 is 1.54 bits per heavy atom. The van der Waals surface area contributed by atoms with Gasteiger partial charge in [0.05, 0.1) is 6.61 Å². The summed E-state index contributed by atoms with van der Waals surface area (Å²) in [6.45, 7) is -0.526. The van der Waals surface area contributed by atoms with Gasteiger partial charge in [0.25, 0.3) is 0 Å². The number of ether oxygens (including phenoxy) is 1. The smallest absolute Gasteiger partial charge is 1.00 e. The van der Waals surface area contributed by atoms with E-state index >= 15 is 0 Å². The summed E-state index contributed by atoms with van der Waals surface area (Å²) in [6.07, 6.45) is -7.04. The predicted octanol–water partition coefficient (Wildman–Crippen LogP) is -6.10. The van der Waals surface area contributed by atoms with E-state index in [2.05, 4.69) is 4.74 Å². The third kappa shape index (κ3) is 2.85. The molecule has 0 aromatic rings. The van der Waals surface area contributed by atoms with Crippen molar-refractivity contribution in [2.75, 3.05) is 6.61 Å². The first-order chi connectivity index (χ1) is 5.57. The number of aliphatic hydroxyl groups excluding tert-OH is 5. The van der Waals surface area contributed by atoms with E-state index in [0.717, 1.165) is 0 Å². The van der Waals surface area contributed by atoms with Crippen LogP contribution in [-0.2, 0) is 4.74 Å². The van der Waals surface area contributed by atoms with Crippen LogP contribution in [0, 0.1) is 0 Å². The molecule has 1 heterocycles. The molecule has 7 heteroatoms. The van der Waals surface area contributed by atoms with Crippen molar-refractivity contribution in [3.63, 3.8) is 0 Å². The number of aliphatic hydroxyl groups is 5. The van der Waals surface area contributed by atoms with Gasteiger partial charge >= 0.3 is 29.6 Å². The van der Waals surface area contributed by atoms with Gasteiger partial charge in [-0.2, -0.15) is 0 Å². The second kappa shape index (κ2) is 5.59. The molecular weight excluding hydrogens is 191 g/mol. The minimum atomic E-state index is -1.57. The standard InChI is InChI=1S/C6H12O6.Na.H/c7-1-2-3(8)4(9)5(10)6(11)12-2;;/h2-11H,1H2;;/q;+1;-1/t2-,3-,4+,5-,6?;;/m1../s1. The molecule has 1 rings (SSSR count). The van der Waals surface area contributed by atoms with Gasteiger partial charge in [0.15, 0.2) is 6.29 Å². The quantitative estimate of drug-likeness (QED) is 0.272. The Kier molecular flexibility index (Phi) is 5.92. The summed E-state index contributed by atoms with van der Waals surface area (Å²) in [5, 5.41) is 44.7. The maximum atomic E-state index is 9.12. The Morgan fingerprint density at radius 3 is 2.00 bits per heavy atom. The first-order valence-electron chi connectivity index (χ1n) is 3.56. The molecule has 0 saturated carbocycles. The van der Waals surface area contributed by atoms with Crippen molar-refractivity contribution < 1.29 is 61.3 Å². The van der Waals surface area contributed by atoms with Crippen LogP contribution in [0.2, 0.25) is 0 Å². The van der Waals surface area contributed by atoms with Gasteiger partial charge in [-0.1, -0.05) is 0 Å². The van der Waals surface area contributed by atoms with Crippen LogP contribution in [0.15, 0.2) is 0 Å². The summed E-state index contributed by atoms with van der Waals surface area (Å²) >= 11 is 0. The van der Waals surface area contributed by atoms with Crippen LogP contribution in [0.25, 0.3) is 0 Å². The molecule has 0 bridgehead atoms. The Bertz CT molecular complexity index is 157. The summed E-state index contributed by atoms with van der Waals surface area (Å²) in [6, 6.07) is 0. The summed E-state index contributed by atoms with van der Waals surface area (Å²) < 4.78 is 4.58. The van der Waals surface area contributed by atoms with Crippen molar-refractivity contribution >= 4 is 0 Å². The average molecular weight is 204 g/mol. The maximum Gasteiger partial charge on any atom is 1.00 e. The maximum absolute atomic E-state index is 9.12. The Hall–Kier alpha value is 0.760. The molecule has 1 fully saturated rings. The van der Waals surface area contributed by atoms with Crippen LogP contribution in [0.4, 0.5) is 0 Å². The number of hydrogen-bond donors (Lipinski definition) is 5. The second-order valence-corrected chi connectivity index (χ2v) is 2.72. The third-order valence-electron chi connectivity index (χ3n) is 1.87. The van der Waals surface area contributed by atoms with Crippen molar-refractivity contribution in [3.8, 4) is 0 Å². The zero-order chi connectivity index (χ0) is 9.30. The van der Waals surface area contributed by atoms with E-state index in [-0.39, 0.29) is 31.0 Å². The van der Waals surface area contributed by atoms with Gasteiger partial charge < -0.3 is 31.7 Å². The Morgan fingerprint density at radius 1 is 1.00 bits per heavy atom. The van der Waals surface area contributed by atoms with Gasteiger partial charge in [0, 0.05) is 0 Å². The molecule has 1 aliphatic heterocycles. The van der Waals surface area contributed by atoms with Crippen LogP contribution < -0.4 is 29.6 Å². The molecular formula is C6H13NaO6. The first kappa shape index (κ1) is 13.8. The Balaban J connectivity index is 0. The fraction of sp³-hybridized carbons (Fsp3) is 1.00. The normalized spacial score (nSPS) is 45.5. The minimum absolute atomic E-state index is 0. The van der Waals surface area contributed by atoms with Crippen molar-refractivity contribution in [2.45, 2.75) is 30.7 Å². The van der Waals surface area contributed by atoms with Crippen molar-refractivity contribution in [2.24, 2.45) is 0 Å². The fourth-order valence-corrected chi connectivity index (χ4v) is 1.08. The van der Waals surface area contributed by atoms with E-state index in [4.69, 9.17) is 25.5 Å². The molecule has 0 aliphatic carbocycles. The zero-order valence-corrected chi connectivity index (χ0v) is 9.24. The zero-order valence-electron chi connectivity index (χ0n) is 8.24. The van der Waals surface area contributed by atoms with Gasteiger partial charge in [0.2, 0.25) is 0 Å². The van der Waals surface area contributed by atoms with Crippen molar-refractivity contribution in [1.82, 2.24) is 0 Å². The molecule has 0 amide bonds. The largest absolute Gasteiger partial charge is 1.00 e. The number of hydrogen-bond acceptors (Lipinski definition) is 6. The molecule has 13 heavy (non-hydrogen) atoms. The van der Waals surface area contributed by atoms with Crippen LogP contribution in [0.1, 0.15) is 1.43 Å². The average Bonchev–Trinajstić information content (AvgIpc) is 2.08. The van der Waals surface area contributed by atoms with Gasteiger partial charge in [0.1, 0.15) is 24.4 Å². The SMILES string of the molecule is OC[C@H]1OC(O)[C@H](O)[C@@H](O)[C@@H]1O.[H-].[Na+]. The van der Waals surface area contributed by atoms with Crippen LogP contribution in [-0.4, -0.2) is 62.8 Å². The molecule has 5 N–H and O–H groups in total. The van der Waals surface area contributed by atoms with Gasteiger partial charge in [-0.25, -0.2) is 0 Å². The van der Waals surface area contributed by atoms with Gasteiger partial charge in [-0.05, 0) is 0 Å². The van der Waals surface area contributed by atoms with Gasteiger partial charge in [-0.15, -0.1) is 0 Å². The van der Waals surface area contributed by atoms with Crippen LogP contribution >= 0.6 is 0 Å². The van der Waals surface area contributed by atoms with E-state index in [9.17, 15) is 0 Å². The molecule has 0 radical (unpaired) electrons. The summed E-state index contributed by atoms with van der Waals surface area (Å²) in [4.78, 5) is 0. The van der Waals surface area contributed by atoms with E-state index in [1.165, 1.54) is 0 Å². The molecule has 1 aliphatic rings. The van der Waals surface area contributed by atoms with E-state index < -0.39 is 37.3 Å². The van der Waals surface area contributed by atoms with Crippen molar-refractivity contribution in [3.05, 3.63) is 0 Å². The second-order valence-electron chi connectivity index (χ2n) is 2.72. The molecule has 0 spiro atoms. The molecule has 1 unspecified atom stereocenters. The van der Waals surface area contributed by atoms with Crippen LogP contribution in [0.3, 0.4) is 0 Å². The summed E-state index contributed by atoms with van der Waals surface area (Å²) in [7, 11) is 0. The summed E-state index contributed by atoms with van der Waals surface area (Å²) in [5.41, 5.74) is 0. The molecule has 0 aromatic heterocycles. The topological polar surface area (TPSA) is 110 Å². The first-order valence-corrected chi connectivity index (χ1v) is 3.56. The van der Waals surface area contributed by atoms with Gasteiger partial charge in [-0.3, -0.25) is 0 Å². The third-order valence-corrected chi connectivity index (χ3v) is 1.87. The number of rotatable bonds is 1. The van der Waals surface area contributed by atoms with E-state index in [1.54, 1.807) is 0 Å². The molecule has 74 valence electrons. The van der Waals surface area contributed by atoms with E-state index in [1.807, 2.05) is 0 Å². The molecule has 6 nitrogen and oxygen atoms in total. The predicted molar refractivity (Wildman–Crippen MR) is 37.1 cm³/mol. The van der Waals surface area contributed by atoms with Crippen molar-refractivity contribution in [1.29, 1.82) is 0 Å². The Labute approximate surface area is 98.5 Å². The van der Waals surface area contributed by atoms with E-state index in [0.29, 0.717) is 0 Å². The molecule has 0 aromatic carbocycles. The monoisotopic (exact) mass is 204 g/mol.